The number of hydrazine groups is 1. The molecule has 0 saturated heterocycles. The molecule has 230 valence electrons. The van der Waals surface area contributed by atoms with Crippen LogP contribution in [0, 0.1) is 11.8 Å². The maximum atomic E-state index is 13.6. The van der Waals surface area contributed by atoms with Gasteiger partial charge in [0.05, 0.1) is 11.1 Å². The molecule has 2 aromatic rings. The topological polar surface area (TPSA) is 87.0 Å². The summed E-state index contributed by atoms with van der Waals surface area (Å²) >= 11 is 0. The fourth-order valence-electron chi connectivity index (χ4n) is 5.58. The summed E-state index contributed by atoms with van der Waals surface area (Å²) in [6.45, 7) is 3.60. The molecule has 3 aliphatic rings. The summed E-state index contributed by atoms with van der Waals surface area (Å²) in [6.07, 6.45) is -3.48. The molecule has 42 heavy (non-hydrogen) atoms. The molecule has 0 amide bonds. The highest BCUT2D eigenvalue weighted by molar-refractivity contribution is 5.78. The summed E-state index contributed by atoms with van der Waals surface area (Å²) in [5, 5.41) is 4.99. The third-order valence-electron chi connectivity index (χ3n) is 8.12. The second-order valence-electron chi connectivity index (χ2n) is 12.0. The SMILES string of the molecule is CC1CCc2cc(CN(Cc3cc(C(F)(F)F)cc(C(F)(F)F)c3)/C(N)=N/N(C)N)c(N(CC3CC3)CC3CC3)nc21. The molecule has 4 N–H and O–H groups in total. The number of fused-ring (bicyclic) bond motifs is 1. The highest BCUT2D eigenvalue weighted by Gasteiger charge is 2.37. The van der Waals surface area contributed by atoms with Gasteiger partial charge in [0.1, 0.15) is 5.82 Å². The van der Waals surface area contributed by atoms with Gasteiger partial charge < -0.3 is 15.5 Å². The van der Waals surface area contributed by atoms with E-state index in [1.807, 2.05) is 0 Å². The smallest absolute Gasteiger partial charge is 0.368 e. The summed E-state index contributed by atoms with van der Waals surface area (Å²) in [6, 6.07) is 3.64. The number of hydrogen-bond acceptors (Lipinski definition) is 5. The normalized spacial score (nSPS) is 19.2. The lowest BCUT2D eigenvalue weighted by Gasteiger charge is -2.31. The van der Waals surface area contributed by atoms with Crippen LogP contribution in [0.2, 0.25) is 0 Å². The lowest BCUT2D eigenvalue weighted by Crippen LogP contribution is -2.40. The quantitative estimate of drug-likeness (QED) is 0.118. The van der Waals surface area contributed by atoms with Crippen LogP contribution in [-0.2, 0) is 31.9 Å². The molecule has 3 aliphatic carbocycles. The standard InChI is InChI=1S/C29H37F6N7/c1-17-3-8-21-11-22(26(38-25(17)21)41(13-18-4-5-18)14-19-6-7-19)16-42(27(36)39-40(2)37)15-20-9-23(28(30,31)32)12-24(10-20)29(33,34)35/h9-12,17-19H,3-8,13-16,37H2,1-2H3,(H2,36,39). The zero-order valence-electron chi connectivity index (χ0n) is 23.8. The van der Waals surface area contributed by atoms with Crippen LogP contribution in [0.4, 0.5) is 32.2 Å². The number of halogens is 6. The summed E-state index contributed by atoms with van der Waals surface area (Å²) < 4.78 is 81.6. The van der Waals surface area contributed by atoms with Crippen molar-refractivity contribution in [2.45, 2.75) is 76.8 Å². The molecular formula is C29H37F6N7. The number of anilines is 1. The van der Waals surface area contributed by atoms with Gasteiger partial charge >= 0.3 is 12.4 Å². The Bertz CT molecular complexity index is 1270. The average molecular weight is 598 g/mol. The first-order valence-electron chi connectivity index (χ1n) is 14.3. The molecule has 1 heterocycles. The number of aryl methyl sites for hydroxylation is 1. The van der Waals surface area contributed by atoms with Crippen molar-refractivity contribution in [2.75, 3.05) is 25.0 Å². The molecule has 5 rings (SSSR count). The summed E-state index contributed by atoms with van der Waals surface area (Å²) in [4.78, 5) is 8.93. The van der Waals surface area contributed by atoms with Gasteiger partial charge in [-0.3, -0.25) is 0 Å². The third kappa shape index (κ3) is 7.40. The van der Waals surface area contributed by atoms with Gasteiger partial charge in [0, 0.05) is 44.5 Å². The van der Waals surface area contributed by atoms with Crippen molar-refractivity contribution in [3.8, 4) is 0 Å². The maximum Gasteiger partial charge on any atom is 0.416 e. The van der Waals surface area contributed by atoms with Crippen molar-refractivity contribution in [1.29, 1.82) is 0 Å². The fraction of sp³-hybridized carbons (Fsp3) is 0.586. The van der Waals surface area contributed by atoms with Crippen molar-refractivity contribution in [3.63, 3.8) is 0 Å². The Labute approximate surface area is 241 Å². The van der Waals surface area contributed by atoms with Crippen LogP contribution in [0.5, 0.6) is 0 Å². The van der Waals surface area contributed by atoms with E-state index in [0.717, 1.165) is 91.5 Å². The Morgan fingerprint density at radius 3 is 1.98 bits per heavy atom. The number of nitrogens with two attached hydrogens (primary N) is 2. The highest BCUT2D eigenvalue weighted by atomic mass is 19.4. The van der Waals surface area contributed by atoms with E-state index in [2.05, 4.69) is 23.0 Å². The van der Waals surface area contributed by atoms with Crippen LogP contribution in [0.3, 0.4) is 0 Å². The van der Waals surface area contributed by atoms with Gasteiger partial charge in [-0.25, -0.2) is 15.9 Å². The van der Waals surface area contributed by atoms with Crippen LogP contribution in [0.25, 0.3) is 0 Å². The fourth-order valence-corrected chi connectivity index (χ4v) is 5.58. The third-order valence-corrected chi connectivity index (χ3v) is 8.12. The lowest BCUT2D eigenvalue weighted by atomic mass is 10.0. The predicted molar refractivity (Wildman–Crippen MR) is 148 cm³/mol. The van der Waals surface area contributed by atoms with Gasteiger partial charge in [0.25, 0.3) is 0 Å². The Hall–Kier alpha value is -3.22. The van der Waals surface area contributed by atoms with E-state index in [9.17, 15) is 26.3 Å². The number of rotatable bonds is 10. The summed E-state index contributed by atoms with van der Waals surface area (Å²) in [5.41, 5.74) is 6.28. The van der Waals surface area contributed by atoms with Gasteiger partial charge in [-0.2, -0.15) is 26.3 Å². The molecule has 2 saturated carbocycles. The predicted octanol–water partition coefficient (Wildman–Crippen LogP) is 5.83. The van der Waals surface area contributed by atoms with Gasteiger partial charge in [-0.15, -0.1) is 5.10 Å². The molecular weight excluding hydrogens is 560 g/mol. The number of alkyl halides is 6. The van der Waals surface area contributed by atoms with Gasteiger partial charge in [-0.05, 0) is 91.7 Å². The number of aromatic nitrogens is 1. The van der Waals surface area contributed by atoms with Gasteiger partial charge in [-0.1, -0.05) is 6.92 Å². The van der Waals surface area contributed by atoms with E-state index in [-0.39, 0.29) is 30.7 Å². The monoisotopic (exact) mass is 597 g/mol. The van der Waals surface area contributed by atoms with Crippen molar-refractivity contribution >= 4 is 11.8 Å². The van der Waals surface area contributed by atoms with E-state index in [4.69, 9.17) is 16.6 Å². The molecule has 0 spiro atoms. The molecule has 1 aromatic carbocycles. The lowest BCUT2D eigenvalue weighted by molar-refractivity contribution is -0.143. The van der Waals surface area contributed by atoms with E-state index in [1.54, 1.807) is 0 Å². The molecule has 0 bridgehead atoms. The van der Waals surface area contributed by atoms with Gasteiger partial charge in [0.2, 0.25) is 5.96 Å². The van der Waals surface area contributed by atoms with Crippen LogP contribution < -0.4 is 16.5 Å². The molecule has 0 radical (unpaired) electrons. The molecule has 1 unspecified atom stereocenters. The zero-order chi connectivity index (χ0) is 30.4. The first kappa shape index (κ1) is 30.2. The van der Waals surface area contributed by atoms with Crippen LogP contribution >= 0.6 is 0 Å². The van der Waals surface area contributed by atoms with Crippen LogP contribution in [-0.4, -0.2) is 41.1 Å². The maximum absolute atomic E-state index is 13.6. The minimum Gasteiger partial charge on any atom is -0.368 e. The number of hydrazone groups is 1. The zero-order valence-corrected chi connectivity index (χ0v) is 23.8. The minimum absolute atomic E-state index is 0.0800. The summed E-state index contributed by atoms with van der Waals surface area (Å²) in [5.74, 6) is 7.84. The second kappa shape index (κ2) is 11.5. The molecule has 0 aliphatic heterocycles. The number of hydrogen-bond donors (Lipinski definition) is 2. The molecule has 2 fully saturated rings. The molecule has 7 nitrogen and oxygen atoms in total. The number of pyridine rings is 1. The number of guanidine groups is 1. The van der Waals surface area contributed by atoms with Crippen molar-refractivity contribution in [1.82, 2.24) is 15.0 Å². The van der Waals surface area contributed by atoms with Crippen LogP contribution in [0.15, 0.2) is 29.4 Å². The van der Waals surface area contributed by atoms with E-state index >= 15 is 0 Å². The van der Waals surface area contributed by atoms with E-state index < -0.39 is 23.5 Å². The summed E-state index contributed by atoms with van der Waals surface area (Å²) in [7, 11) is 1.42. The molecule has 1 aromatic heterocycles. The first-order valence-corrected chi connectivity index (χ1v) is 14.3. The van der Waals surface area contributed by atoms with Crippen molar-refractivity contribution in [3.05, 3.63) is 57.8 Å². The first-order chi connectivity index (χ1) is 19.7. The Balaban J connectivity index is 1.55. The number of nitrogens with zero attached hydrogens (tertiary/aromatic N) is 5. The Morgan fingerprint density at radius 2 is 1.48 bits per heavy atom. The van der Waals surface area contributed by atoms with E-state index in [0.29, 0.717) is 17.8 Å². The van der Waals surface area contributed by atoms with Crippen molar-refractivity contribution < 1.29 is 26.3 Å². The second-order valence-corrected chi connectivity index (χ2v) is 12.0. The Morgan fingerprint density at radius 1 is 0.905 bits per heavy atom. The van der Waals surface area contributed by atoms with Crippen LogP contribution in [0.1, 0.15) is 78.5 Å². The van der Waals surface area contributed by atoms with Gasteiger partial charge in [0.15, 0.2) is 0 Å². The van der Waals surface area contributed by atoms with Crippen molar-refractivity contribution in [2.24, 2.45) is 28.5 Å². The molecule has 13 heteroatoms. The van der Waals surface area contributed by atoms with E-state index in [1.165, 1.54) is 11.9 Å². The molecule has 1 atom stereocenters. The highest BCUT2D eigenvalue weighted by Crippen LogP contribution is 2.40. The minimum atomic E-state index is -4.96. The Kier molecular flexibility index (Phi) is 8.25. The largest absolute Gasteiger partial charge is 0.416 e. The average Bonchev–Trinajstić information content (AvgIpc) is 3.82. The number of benzene rings is 1.